The molecule has 188 valence electrons. The van der Waals surface area contributed by atoms with Gasteiger partial charge in [0.15, 0.2) is 0 Å². The van der Waals surface area contributed by atoms with Gasteiger partial charge in [-0.05, 0) is 26.7 Å². The van der Waals surface area contributed by atoms with Gasteiger partial charge in [0, 0.05) is 10.8 Å². The molecule has 0 spiro atoms. The second-order valence-corrected chi connectivity index (χ2v) is 8.21. The minimum absolute atomic E-state index is 0.0815. The van der Waals surface area contributed by atoms with E-state index in [0.29, 0.717) is 24.7 Å². The molecule has 6 nitrogen and oxygen atoms in total. The summed E-state index contributed by atoms with van der Waals surface area (Å²) < 4.78 is 23.1. The number of rotatable bonds is 16. The first-order valence-electron chi connectivity index (χ1n) is 12.8. The summed E-state index contributed by atoms with van der Waals surface area (Å²) >= 11 is 0. The number of hydrogen-bond acceptors (Lipinski definition) is 6. The van der Waals surface area contributed by atoms with Crippen LogP contribution in [0.1, 0.15) is 99.8 Å². The zero-order valence-corrected chi connectivity index (χ0v) is 21.2. The highest BCUT2D eigenvalue weighted by atomic mass is 16.5. The van der Waals surface area contributed by atoms with Gasteiger partial charge in [-0.25, -0.2) is 9.59 Å². The van der Waals surface area contributed by atoms with Crippen LogP contribution in [0.25, 0.3) is 10.8 Å². The quantitative estimate of drug-likeness (QED) is 0.191. The van der Waals surface area contributed by atoms with Crippen molar-refractivity contribution in [3.8, 4) is 11.5 Å². The van der Waals surface area contributed by atoms with Crippen LogP contribution >= 0.6 is 0 Å². The third-order valence-electron chi connectivity index (χ3n) is 5.57. The molecule has 0 aromatic heterocycles. The summed E-state index contributed by atoms with van der Waals surface area (Å²) in [7, 11) is 0. The molecule has 0 bridgehead atoms. The summed E-state index contributed by atoms with van der Waals surface area (Å²) in [5.41, 5.74) is 0.163. The molecule has 2 aromatic carbocycles. The average molecular weight is 473 g/mol. The predicted molar refractivity (Wildman–Crippen MR) is 135 cm³/mol. The van der Waals surface area contributed by atoms with E-state index in [-0.39, 0.29) is 24.3 Å². The van der Waals surface area contributed by atoms with Gasteiger partial charge >= 0.3 is 11.9 Å². The Labute approximate surface area is 203 Å². The van der Waals surface area contributed by atoms with Gasteiger partial charge in [0.2, 0.25) is 0 Å². The van der Waals surface area contributed by atoms with Crippen molar-refractivity contribution < 1.29 is 28.5 Å². The van der Waals surface area contributed by atoms with Crippen LogP contribution in [0.4, 0.5) is 0 Å². The molecule has 34 heavy (non-hydrogen) atoms. The van der Waals surface area contributed by atoms with Gasteiger partial charge in [0.1, 0.15) is 22.6 Å². The molecule has 0 amide bonds. The number of carbonyl (C=O) groups is 2. The molecule has 0 unspecified atom stereocenters. The largest absolute Gasteiger partial charge is 0.492 e. The standard InChI is InChI=1S/C28H40O6/c1-5-9-11-15-19-33-25-21-17-13-14-18-22(21)26(34-20-16-12-10-6-2)24(28(30)32-8-4)23(25)27(29)31-7-3/h13-14,17-18H,5-12,15-16,19-20H2,1-4H3. The molecular formula is C28H40O6. The summed E-state index contributed by atoms with van der Waals surface area (Å²) in [4.78, 5) is 26.4. The molecule has 0 radical (unpaired) electrons. The van der Waals surface area contributed by atoms with E-state index in [2.05, 4.69) is 13.8 Å². The Bertz CT molecular complexity index is 846. The molecule has 0 heterocycles. The number of hydrogen-bond donors (Lipinski definition) is 0. The molecule has 0 saturated heterocycles. The number of ether oxygens (including phenoxy) is 4. The SMILES string of the molecule is CCCCCCOc1c(C(=O)OCC)c(C(=O)OCC)c(OCCCCCC)c2ccccc12. The van der Waals surface area contributed by atoms with Gasteiger partial charge < -0.3 is 18.9 Å². The third-order valence-corrected chi connectivity index (χ3v) is 5.57. The highest BCUT2D eigenvalue weighted by Crippen LogP contribution is 2.42. The molecule has 2 rings (SSSR count). The van der Waals surface area contributed by atoms with Gasteiger partial charge in [-0.3, -0.25) is 0 Å². The monoisotopic (exact) mass is 472 g/mol. The maximum absolute atomic E-state index is 13.2. The second kappa shape index (κ2) is 15.2. The lowest BCUT2D eigenvalue weighted by Crippen LogP contribution is -2.19. The van der Waals surface area contributed by atoms with Crippen molar-refractivity contribution in [2.75, 3.05) is 26.4 Å². The highest BCUT2D eigenvalue weighted by Gasteiger charge is 2.32. The van der Waals surface area contributed by atoms with Gasteiger partial charge in [-0.15, -0.1) is 0 Å². The number of fused-ring (bicyclic) bond motifs is 1. The van der Waals surface area contributed by atoms with E-state index in [0.717, 1.165) is 62.1 Å². The van der Waals surface area contributed by atoms with Crippen molar-refractivity contribution in [2.24, 2.45) is 0 Å². The number of carbonyl (C=O) groups excluding carboxylic acids is 2. The smallest absolute Gasteiger partial charge is 0.342 e. The lowest BCUT2D eigenvalue weighted by Gasteiger charge is -2.21. The fourth-order valence-corrected chi connectivity index (χ4v) is 3.88. The van der Waals surface area contributed by atoms with E-state index >= 15 is 0 Å². The van der Waals surface area contributed by atoms with Crippen LogP contribution in [0.3, 0.4) is 0 Å². The van der Waals surface area contributed by atoms with Crippen molar-refractivity contribution in [2.45, 2.75) is 79.1 Å². The van der Waals surface area contributed by atoms with Crippen molar-refractivity contribution in [1.82, 2.24) is 0 Å². The normalized spacial score (nSPS) is 10.8. The van der Waals surface area contributed by atoms with E-state index in [1.807, 2.05) is 24.3 Å². The topological polar surface area (TPSA) is 71.1 Å². The highest BCUT2D eigenvalue weighted by molar-refractivity contribution is 6.14. The van der Waals surface area contributed by atoms with Crippen LogP contribution < -0.4 is 9.47 Å². The minimum atomic E-state index is -0.615. The average Bonchev–Trinajstić information content (AvgIpc) is 2.84. The van der Waals surface area contributed by atoms with Crippen LogP contribution in [0.15, 0.2) is 24.3 Å². The van der Waals surface area contributed by atoms with Gasteiger partial charge in [-0.1, -0.05) is 76.6 Å². The second-order valence-electron chi connectivity index (χ2n) is 8.21. The Hall–Kier alpha value is -2.76. The molecule has 0 atom stereocenters. The van der Waals surface area contributed by atoms with E-state index in [9.17, 15) is 9.59 Å². The number of benzene rings is 2. The van der Waals surface area contributed by atoms with Crippen LogP contribution in [0, 0.1) is 0 Å². The summed E-state index contributed by atoms with van der Waals surface area (Å²) in [6, 6.07) is 7.54. The van der Waals surface area contributed by atoms with Gasteiger partial charge in [0.25, 0.3) is 0 Å². The van der Waals surface area contributed by atoms with Crippen LogP contribution in [-0.2, 0) is 9.47 Å². The van der Waals surface area contributed by atoms with Gasteiger partial charge in [-0.2, -0.15) is 0 Å². The summed E-state index contributed by atoms with van der Waals surface area (Å²) in [5, 5.41) is 1.44. The van der Waals surface area contributed by atoms with Crippen LogP contribution in [0.5, 0.6) is 11.5 Å². The zero-order chi connectivity index (χ0) is 24.8. The first-order chi connectivity index (χ1) is 16.6. The molecule has 6 heteroatoms. The van der Waals surface area contributed by atoms with E-state index in [1.165, 1.54) is 0 Å². The molecule has 0 aliphatic heterocycles. The molecular weight excluding hydrogens is 432 g/mol. The van der Waals surface area contributed by atoms with Crippen molar-refractivity contribution in [1.29, 1.82) is 0 Å². The Morgan fingerprint density at radius 2 is 1.03 bits per heavy atom. The first-order valence-corrected chi connectivity index (χ1v) is 12.8. The fraction of sp³-hybridized carbons (Fsp3) is 0.571. The summed E-state index contributed by atoms with van der Waals surface area (Å²) in [6.07, 6.45) is 8.26. The fourth-order valence-electron chi connectivity index (χ4n) is 3.88. The zero-order valence-electron chi connectivity index (χ0n) is 21.2. The molecule has 0 aliphatic rings. The van der Waals surface area contributed by atoms with E-state index in [1.54, 1.807) is 13.8 Å². The Balaban J connectivity index is 2.63. The van der Waals surface area contributed by atoms with Crippen LogP contribution in [0.2, 0.25) is 0 Å². The van der Waals surface area contributed by atoms with Crippen molar-refractivity contribution in [3.63, 3.8) is 0 Å². The molecule has 0 aliphatic carbocycles. The summed E-state index contributed by atoms with van der Waals surface area (Å²) in [5.74, 6) is -0.523. The molecule has 0 fully saturated rings. The predicted octanol–water partition coefficient (Wildman–Crippen LogP) is 7.11. The van der Waals surface area contributed by atoms with E-state index in [4.69, 9.17) is 18.9 Å². The molecule has 0 saturated carbocycles. The summed E-state index contributed by atoms with van der Waals surface area (Å²) in [6.45, 7) is 9.01. The van der Waals surface area contributed by atoms with Gasteiger partial charge in [0.05, 0.1) is 26.4 Å². The van der Waals surface area contributed by atoms with Crippen molar-refractivity contribution in [3.05, 3.63) is 35.4 Å². The van der Waals surface area contributed by atoms with E-state index < -0.39 is 11.9 Å². The molecule has 0 N–H and O–H groups in total. The van der Waals surface area contributed by atoms with Crippen molar-refractivity contribution >= 4 is 22.7 Å². The number of unbranched alkanes of at least 4 members (excludes halogenated alkanes) is 6. The Morgan fingerprint density at radius 3 is 1.38 bits per heavy atom. The first kappa shape index (κ1) is 27.5. The third kappa shape index (κ3) is 7.37. The number of esters is 2. The molecule has 2 aromatic rings. The maximum atomic E-state index is 13.2. The lowest BCUT2D eigenvalue weighted by molar-refractivity contribution is 0.0471. The Morgan fingerprint density at radius 1 is 0.618 bits per heavy atom. The Kier molecular flexibility index (Phi) is 12.3. The van der Waals surface area contributed by atoms with Crippen LogP contribution in [-0.4, -0.2) is 38.4 Å². The maximum Gasteiger partial charge on any atom is 0.342 e. The lowest BCUT2D eigenvalue weighted by atomic mass is 9.97. The minimum Gasteiger partial charge on any atom is -0.492 e.